The first-order valence-electron chi connectivity index (χ1n) is 8.71. The summed E-state index contributed by atoms with van der Waals surface area (Å²) in [6, 6.07) is 4.69. The highest BCUT2D eigenvalue weighted by atomic mass is 15.2. The fourth-order valence-corrected chi connectivity index (χ4v) is 3.74. The molecule has 0 saturated carbocycles. The average molecular weight is 299 g/mol. The van der Waals surface area contributed by atoms with Gasteiger partial charge in [-0.3, -0.25) is 0 Å². The van der Waals surface area contributed by atoms with E-state index in [9.17, 15) is 0 Å². The molecule has 120 valence electrons. The Morgan fingerprint density at radius 2 is 1.86 bits per heavy atom. The number of hydrogen-bond acceptors (Lipinski definition) is 2. The molecular weight excluding hydrogens is 270 g/mol. The van der Waals surface area contributed by atoms with Crippen molar-refractivity contribution in [1.82, 2.24) is 14.8 Å². The standard InChI is InChI=1S/C19H29N3/c1-4-8-22-14-17(5-9-21-10-6-20-7-11-21)18-13-15(2)12-16(3)19(18)22/h12-14,20H,4-11H2,1-3H3. The first kappa shape index (κ1) is 15.6. The van der Waals surface area contributed by atoms with Crippen LogP contribution in [0.3, 0.4) is 0 Å². The number of benzene rings is 1. The summed E-state index contributed by atoms with van der Waals surface area (Å²) in [7, 11) is 0. The molecule has 0 bridgehead atoms. The first-order valence-corrected chi connectivity index (χ1v) is 8.71. The highest BCUT2D eigenvalue weighted by Gasteiger charge is 2.14. The van der Waals surface area contributed by atoms with Crippen molar-refractivity contribution >= 4 is 10.9 Å². The SMILES string of the molecule is CCCn1cc(CCN2CCNCC2)c2cc(C)cc(C)c21. The molecule has 1 aliphatic rings. The van der Waals surface area contributed by atoms with E-state index in [4.69, 9.17) is 0 Å². The third kappa shape index (κ3) is 3.21. The van der Waals surface area contributed by atoms with E-state index in [1.165, 1.54) is 53.6 Å². The molecule has 22 heavy (non-hydrogen) atoms. The molecule has 3 heteroatoms. The summed E-state index contributed by atoms with van der Waals surface area (Å²) in [5, 5.41) is 4.91. The third-order valence-corrected chi connectivity index (χ3v) is 4.76. The van der Waals surface area contributed by atoms with Gasteiger partial charge >= 0.3 is 0 Å². The second kappa shape index (κ2) is 6.84. The zero-order valence-corrected chi connectivity index (χ0v) is 14.3. The predicted molar refractivity (Wildman–Crippen MR) is 94.7 cm³/mol. The highest BCUT2D eigenvalue weighted by molar-refractivity contribution is 5.87. The van der Waals surface area contributed by atoms with Crippen LogP contribution in [0.4, 0.5) is 0 Å². The molecule has 1 saturated heterocycles. The second-order valence-corrected chi connectivity index (χ2v) is 6.67. The largest absolute Gasteiger partial charge is 0.347 e. The maximum absolute atomic E-state index is 3.43. The lowest BCUT2D eigenvalue weighted by molar-refractivity contribution is 0.244. The summed E-state index contributed by atoms with van der Waals surface area (Å²) in [6.45, 7) is 13.7. The van der Waals surface area contributed by atoms with E-state index >= 15 is 0 Å². The highest BCUT2D eigenvalue weighted by Crippen LogP contribution is 2.27. The van der Waals surface area contributed by atoms with Crippen LogP contribution in [-0.4, -0.2) is 42.2 Å². The molecule has 2 heterocycles. The molecule has 0 amide bonds. The Morgan fingerprint density at radius 1 is 1.09 bits per heavy atom. The molecule has 1 aliphatic heterocycles. The van der Waals surface area contributed by atoms with E-state index in [1.54, 1.807) is 0 Å². The summed E-state index contributed by atoms with van der Waals surface area (Å²) in [5.41, 5.74) is 5.76. The van der Waals surface area contributed by atoms with Crippen LogP contribution in [0.1, 0.15) is 30.0 Å². The fraction of sp³-hybridized carbons (Fsp3) is 0.579. The molecule has 3 nitrogen and oxygen atoms in total. The zero-order valence-electron chi connectivity index (χ0n) is 14.3. The van der Waals surface area contributed by atoms with Gasteiger partial charge in [0.25, 0.3) is 0 Å². The van der Waals surface area contributed by atoms with Gasteiger partial charge in [-0.2, -0.15) is 0 Å². The number of hydrogen-bond donors (Lipinski definition) is 1. The van der Waals surface area contributed by atoms with Crippen LogP contribution in [0, 0.1) is 13.8 Å². The molecule has 0 spiro atoms. The summed E-state index contributed by atoms with van der Waals surface area (Å²) in [5.74, 6) is 0. The Kier molecular flexibility index (Phi) is 4.84. The Labute approximate surface area is 134 Å². The van der Waals surface area contributed by atoms with Gasteiger partial charge < -0.3 is 14.8 Å². The lowest BCUT2D eigenvalue weighted by Gasteiger charge is -2.26. The van der Waals surface area contributed by atoms with Crippen LogP contribution in [-0.2, 0) is 13.0 Å². The van der Waals surface area contributed by atoms with Gasteiger partial charge in [0.1, 0.15) is 0 Å². The van der Waals surface area contributed by atoms with Crippen molar-refractivity contribution in [2.75, 3.05) is 32.7 Å². The fourth-order valence-electron chi connectivity index (χ4n) is 3.74. The third-order valence-electron chi connectivity index (χ3n) is 4.76. The van der Waals surface area contributed by atoms with Crippen LogP contribution in [0.2, 0.25) is 0 Å². The topological polar surface area (TPSA) is 20.2 Å². The molecule has 0 atom stereocenters. The molecular formula is C19H29N3. The lowest BCUT2D eigenvalue weighted by Crippen LogP contribution is -2.44. The Bertz CT molecular complexity index is 636. The lowest BCUT2D eigenvalue weighted by atomic mass is 10.0. The molecule has 1 N–H and O–H groups in total. The second-order valence-electron chi connectivity index (χ2n) is 6.67. The number of fused-ring (bicyclic) bond motifs is 1. The first-order chi connectivity index (χ1) is 10.7. The molecule has 1 aromatic carbocycles. The van der Waals surface area contributed by atoms with Gasteiger partial charge in [0.05, 0.1) is 5.52 Å². The van der Waals surface area contributed by atoms with Crippen LogP contribution in [0.25, 0.3) is 10.9 Å². The van der Waals surface area contributed by atoms with Crippen LogP contribution in [0.15, 0.2) is 18.3 Å². The summed E-state index contributed by atoms with van der Waals surface area (Å²) < 4.78 is 2.47. The Morgan fingerprint density at radius 3 is 2.59 bits per heavy atom. The van der Waals surface area contributed by atoms with Crippen LogP contribution < -0.4 is 5.32 Å². The van der Waals surface area contributed by atoms with E-state index in [0.29, 0.717) is 0 Å². The van der Waals surface area contributed by atoms with Gasteiger partial charge in [-0.1, -0.05) is 18.6 Å². The smallest absolute Gasteiger partial charge is 0.0513 e. The number of nitrogens with zero attached hydrogens (tertiary/aromatic N) is 2. The number of aryl methyl sites for hydroxylation is 3. The van der Waals surface area contributed by atoms with Crippen molar-refractivity contribution in [3.05, 3.63) is 35.0 Å². The zero-order chi connectivity index (χ0) is 15.5. The van der Waals surface area contributed by atoms with Crippen LogP contribution >= 0.6 is 0 Å². The molecule has 3 rings (SSSR count). The molecule has 0 aliphatic carbocycles. The maximum Gasteiger partial charge on any atom is 0.0513 e. The van der Waals surface area contributed by atoms with Gasteiger partial charge in [0.15, 0.2) is 0 Å². The quantitative estimate of drug-likeness (QED) is 0.915. The van der Waals surface area contributed by atoms with Crippen molar-refractivity contribution in [3.8, 4) is 0 Å². The van der Waals surface area contributed by atoms with E-state index in [0.717, 1.165) is 26.1 Å². The van der Waals surface area contributed by atoms with E-state index < -0.39 is 0 Å². The van der Waals surface area contributed by atoms with Crippen molar-refractivity contribution in [1.29, 1.82) is 0 Å². The van der Waals surface area contributed by atoms with E-state index in [1.807, 2.05) is 0 Å². The van der Waals surface area contributed by atoms with Gasteiger partial charge in [0.2, 0.25) is 0 Å². The van der Waals surface area contributed by atoms with Crippen molar-refractivity contribution in [2.45, 2.75) is 40.2 Å². The molecule has 1 aromatic heterocycles. The minimum atomic E-state index is 1.12. The number of nitrogens with one attached hydrogen (secondary N) is 1. The van der Waals surface area contributed by atoms with Crippen LogP contribution in [0.5, 0.6) is 0 Å². The molecule has 0 unspecified atom stereocenters. The number of piperazine rings is 1. The number of rotatable bonds is 5. The van der Waals surface area contributed by atoms with Crippen molar-refractivity contribution in [3.63, 3.8) is 0 Å². The summed E-state index contributed by atoms with van der Waals surface area (Å²) in [6.07, 6.45) is 4.76. The predicted octanol–water partition coefficient (Wildman–Crippen LogP) is 3.12. The number of aromatic nitrogens is 1. The molecule has 1 fully saturated rings. The van der Waals surface area contributed by atoms with E-state index in [-0.39, 0.29) is 0 Å². The maximum atomic E-state index is 3.43. The van der Waals surface area contributed by atoms with Gasteiger partial charge in [0, 0.05) is 50.9 Å². The van der Waals surface area contributed by atoms with Gasteiger partial charge in [-0.05, 0) is 43.9 Å². The van der Waals surface area contributed by atoms with Crippen molar-refractivity contribution < 1.29 is 0 Å². The van der Waals surface area contributed by atoms with Gasteiger partial charge in [-0.25, -0.2) is 0 Å². The Hall–Kier alpha value is -1.32. The average Bonchev–Trinajstić information content (AvgIpc) is 2.84. The van der Waals surface area contributed by atoms with E-state index in [2.05, 4.69) is 53.9 Å². The van der Waals surface area contributed by atoms with Crippen molar-refractivity contribution in [2.24, 2.45) is 0 Å². The monoisotopic (exact) mass is 299 g/mol. The molecule has 0 radical (unpaired) electrons. The Balaban J connectivity index is 1.87. The molecule has 2 aromatic rings. The normalized spacial score (nSPS) is 16.5. The summed E-state index contributed by atoms with van der Waals surface area (Å²) >= 11 is 0. The van der Waals surface area contributed by atoms with Gasteiger partial charge in [-0.15, -0.1) is 0 Å². The summed E-state index contributed by atoms with van der Waals surface area (Å²) in [4.78, 5) is 2.59. The minimum absolute atomic E-state index is 1.12. The minimum Gasteiger partial charge on any atom is -0.347 e.